The van der Waals surface area contributed by atoms with Crippen molar-refractivity contribution in [2.24, 2.45) is 0 Å². The molecule has 0 aromatic carbocycles. The summed E-state index contributed by atoms with van der Waals surface area (Å²) in [6, 6.07) is 1.00. The summed E-state index contributed by atoms with van der Waals surface area (Å²) in [6.07, 6.45) is 5.02. The van der Waals surface area contributed by atoms with Gasteiger partial charge in [-0.15, -0.1) is 0 Å². The van der Waals surface area contributed by atoms with Crippen LogP contribution < -0.4 is 0 Å². The summed E-state index contributed by atoms with van der Waals surface area (Å²) in [6.45, 7) is 2.56. The maximum atomic E-state index is 5.93. The number of methoxy groups -OCH3 is 2. The van der Waals surface area contributed by atoms with Gasteiger partial charge >= 0.3 is 8.56 Å². The standard InChI is InChI=1S/C14H30O5Si/c1-13(15-2)19-11-8-10-14(16-3)9-6-7-12-20(14,17-4)18-5/h13H,6-12H2,1-5H3. The molecule has 0 amide bonds. The van der Waals surface area contributed by atoms with Gasteiger partial charge in [-0.1, -0.05) is 12.8 Å². The van der Waals surface area contributed by atoms with Gasteiger partial charge < -0.3 is 23.1 Å². The Kier molecular flexibility index (Phi) is 7.64. The third kappa shape index (κ3) is 3.81. The Bertz CT molecular complexity index is 272. The molecule has 6 heteroatoms. The SMILES string of the molecule is COC(C)OCCCC1(OC)CCCC[Si]1(OC)OC. The monoisotopic (exact) mass is 306 g/mol. The summed E-state index contributed by atoms with van der Waals surface area (Å²) in [5.74, 6) is 0. The van der Waals surface area contributed by atoms with Crippen molar-refractivity contribution in [3.63, 3.8) is 0 Å². The molecule has 1 heterocycles. The number of ether oxygens (including phenoxy) is 3. The van der Waals surface area contributed by atoms with Crippen molar-refractivity contribution in [1.29, 1.82) is 0 Å². The second-order valence-corrected chi connectivity index (χ2v) is 9.08. The number of hydrogen-bond donors (Lipinski definition) is 0. The summed E-state index contributed by atoms with van der Waals surface area (Å²) in [4.78, 5) is 0. The number of hydrogen-bond acceptors (Lipinski definition) is 5. The normalized spacial score (nSPS) is 27.4. The Labute approximate surface area is 124 Å². The van der Waals surface area contributed by atoms with Crippen LogP contribution in [0.2, 0.25) is 6.04 Å². The fraction of sp³-hybridized carbons (Fsp3) is 1.00. The van der Waals surface area contributed by atoms with Gasteiger partial charge in [-0.25, -0.2) is 0 Å². The van der Waals surface area contributed by atoms with Gasteiger partial charge in [-0.2, -0.15) is 0 Å². The first-order valence-corrected chi connectivity index (χ1v) is 9.42. The van der Waals surface area contributed by atoms with E-state index in [1.807, 2.05) is 6.92 Å². The molecular weight excluding hydrogens is 276 g/mol. The van der Waals surface area contributed by atoms with Crippen molar-refractivity contribution in [2.75, 3.05) is 35.0 Å². The molecule has 20 heavy (non-hydrogen) atoms. The lowest BCUT2D eigenvalue weighted by molar-refractivity contribution is -0.114. The van der Waals surface area contributed by atoms with Crippen LogP contribution in [0.15, 0.2) is 0 Å². The minimum absolute atomic E-state index is 0.160. The van der Waals surface area contributed by atoms with Gasteiger partial charge in [0.05, 0.1) is 0 Å². The van der Waals surface area contributed by atoms with Gasteiger partial charge in [0.2, 0.25) is 0 Å². The zero-order valence-corrected chi connectivity index (χ0v) is 14.6. The van der Waals surface area contributed by atoms with E-state index in [2.05, 4.69) is 0 Å². The highest BCUT2D eigenvalue weighted by Gasteiger charge is 2.58. The molecule has 0 spiro atoms. The zero-order chi connectivity index (χ0) is 15.1. The summed E-state index contributed by atoms with van der Waals surface area (Å²) >= 11 is 0. The molecule has 1 aliphatic heterocycles. The molecule has 2 unspecified atom stereocenters. The van der Waals surface area contributed by atoms with E-state index < -0.39 is 8.56 Å². The Balaban J connectivity index is 2.63. The first-order valence-electron chi connectivity index (χ1n) is 7.39. The molecule has 0 saturated carbocycles. The molecule has 1 saturated heterocycles. The minimum Gasteiger partial charge on any atom is -0.396 e. The van der Waals surface area contributed by atoms with E-state index >= 15 is 0 Å². The lowest BCUT2D eigenvalue weighted by atomic mass is 10.1. The Hall–Kier alpha value is 0.0169. The largest absolute Gasteiger partial charge is 0.396 e. The number of rotatable bonds is 9. The first kappa shape index (κ1) is 18.1. The van der Waals surface area contributed by atoms with Crippen molar-refractivity contribution < 1.29 is 23.1 Å². The van der Waals surface area contributed by atoms with Crippen molar-refractivity contribution in [3.05, 3.63) is 0 Å². The van der Waals surface area contributed by atoms with Gasteiger partial charge in [-0.3, -0.25) is 0 Å². The molecular formula is C14H30O5Si. The van der Waals surface area contributed by atoms with Gasteiger partial charge in [0.15, 0.2) is 6.29 Å². The summed E-state index contributed by atoms with van der Waals surface area (Å²) < 4.78 is 28.3. The zero-order valence-electron chi connectivity index (χ0n) is 13.6. The fourth-order valence-corrected chi connectivity index (χ4v) is 7.11. The molecule has 1 fully saturated rings. The minimum atomic E-state index is -2.30. The van der Waals surface area contributed by atoms with Crippen molar-refractivity contribution >= 4 is 8.56 Å². The molecule has 1 aliphatic rings. The molecule has 0 bridgehead atoms. The molecule has 0 N–H and O–H groups in total. The first-order chi connectivity index (χ1) is 9.59. The molecule has 0 aliphatic carbocycles. The maximum Gasteiger partial charge on any atom is 0.370 e. The second-order valence-electron chi connectivity index (χ2n) is 5.34. The van der Waals surface area contributed by atoms with Crippen LogP contribution in [0.4, 0.5) is 0 Å². The third-order valence-electron chi connectivity index (χ3n) is 4.49. The van der Waals surface area contributed by atoms with Gasteiger partial charge in [-0.05, 0) is 32.2 Å². The van der Waals surface area contributed by atoms with Gasteiger partial charge in [0.25, 0.3) is 0 Å². The summed E-state index contributed by atoms with van der Waals surface area (Å²) in [7, 11) is 4.65. The average molecular weight is 306 g/mol. The second kappa shape index (κ2) is 8.46. The van der Waals surface area contributed by atoms with Gasteiger partial charge in [0.1, 0.15) is 5.22 Å². The molecule has 2 atom stereocenters. The molecule has 120 valence electrons. The molecule has 5 nitrogen and oxygen atoms in total. The van der Waals surface area contributed by atoms with Crippen molar-refractivity contribution in [2.45, 2.75) is 56.6 Å². The molecule has 0 radical (unpaired) electrons. The van der Waals surface area contributed by atoms with Crippen molar-refractivity contribution in [1.82, 2.24) is 0 Å². The lowest BCUT2D eigenvalue weighted by Crippen LogP contribution is -2.64. The maximum absolute atomic E-state index is 5.93. The van der Waals surface area contributed by atoms with E-state index in [4.69, 9.17) is 23.1 Å². The summed E-state index contributed by atoms with van der Waals surface area (Å²) in [5, 5.41) is -0.256. The molecule has 1 rings (SSSR count). The van der Waals surface area contributed by atoms with Crippen LogP contribution in [0.25, 0.3) is 0 Å². The van der Waals surface area contributed by atoms with Crippen LogP contribution in [0.5, 0.6) is 0 Å². The van der Waals surface area contributed by atoms with Crippen molar-refractivity contribution in [3.8, 4) is 0 Å². The van der Waals surface area contributed by atoms with E-state index in [0.29, 0.717) is 6.61 Å². The van der Waals surface area contributed by atoms with E-state index in [9.17, 15) is 0 Å². The van der Waals surface area contributed by atoms with E-state index in [1.54, 1.807) is 28.4 Å². The van der Waals surface area contributed by atoms with E-state index in [1.165, 1.54) is 6.42 Å². The van der Waals surface area contributed by atoms with Crippen LogP contribution in [0.3, 0.4) is 0 Å². The predicted molar refractivity (Wildman–Crippen MR) is 79.8 cm³/mol. The Morgan fingerprint density at radius 2 is 1.80 bits per heavy atom. The fourth-order valence-electron chi connectivity index (χ4n) is 3.20. The molecule has 0 aromatic rings. The quantitative estimate of drug-likeness (QED) is 0.372. The smallest absolute Gasteiger partial charge is 0.370 e. The van der Waals surface area contributed by atoms with Crippen LogP contribution >= 0.6 is 0 Å². The highest BCUT2D eigenvalue weighted by Crippen LogP contribution is 2.42. The van der Waals surface area contributed by atoms with E-state index in [-0.39, 0.29) is 11.5 Å². The Morgan fingerprint density at radius 3 is 2.35 bits per heavy atom. The highest BCUT2D eigenvalue weighted by atomic mass is 28.4. The lowest BCUT2D eigenvalue weighted by Gasteiger charge is -2.48. The summed E-state index contributed by atoms with van der Waals surface area (Å²) in [5.41, 5.74) is 0. The van der Waals surface area contributed by atoms with Crippen LogP contribution in [0, 0.1) is 0 Å². The van der Waals surface area contributed by atoms with Gasteiger partial charge in [0, 0.05) is 35.0 Å². The van der Waals surface area contributed by atoms with Crippen LogP contribution in [0.1, 0.15) is 39.0 Å². The average Bonchev–Trinajstić information content (AvgIpc) is 2.51. The van der Waals surface area contributed by atoms with Crippen LogP contribution in [-0.2, 0) is 23.1 Å². The predicted octanol–water partition coefficient (Wildman–Crippen LogP) is 2.62. The highest BCUT2D eigenvalue weighted by molar-refractivity contribution is 6.70. The molecule has 0 aromatic heterocycles. The van der Waals surface area contributed by atoms with Crippen LogP contribution in [-0.4, -0.2) is 55.1 Å². The van der Waals surface area contributed by atoms with E-state index in [0.717, 1.165) is 31.7 Å². The third-order valence-corrected chi connectivity index (χ3v) is 8.91. The Morgan fingerprint density at radius 1 is 1.10 bits per heavy atom. The topological polar surface area (TPSA) is 46.2 Å².